The van der Waals surface area contributed by atoms with Crippen LogP contribution in [-0.2, 0) is 14.3 Å². The van der Waals surface area contributed by atoms with E-state index in [0.717, 1.165) is 19.3 Å². The van der Waals surface area contributed by atoms with Gasteiger partial charge >= 0.3 is 5.97 Å². The van der Waals surface area contributed by atoms with E-state index >= 15 is 0 Å². The summed E-state index contributed by atoms with van der Waals surface area (Å²) in [5.41, 5.74) is -0.131. The van der Waals surface area contributed by atoms with Gasteiger partial charge in [0.25, 0.3) is 0 Å². The SMILES string of the molecule is C/C=C(\C)C(=O)O[C@@H]1C[C@H]2[C@@H](CC=C3C[C@@H](O)CC[C@@]32C)[C@@]2(O)CC[C@H](C(C)=O)C12C. The first-order valence-electron chi connectivity index (χ1n) is 11.9. The van der Waals surface area contributed by atoms with E-state index in [-0.39, 0.29) is 41.0 Å². The monoisotopic (exact) mass is 430 g/mol. The Morgan fingerprint density at radius 3 is 2.52 bits per heavy atom. The van der Waals surface area contributed by atoms with Crippen molar-refractivity contribution in [2.24, 2.45) is 28.6 Å². The molecule has 0 amide bonds. The Balaban J connectivity index is 1.79. The van der Waals surface area contributed by atoms with Gasteiger partial charge in [-0.25, -0.2) is 4.79 Å². The van der Waals surface area contributed by atoms with E-state index in [2.05, 4.69) is 13.0 Å². The van der Waals surface area contributed by atoms with Gasteiger partial charge in [0.15, 0.2) is 0 Å². The molecule has 172 valence electrons. The number of Topliss-reactive ketones (excluding diaryl/α,β-unsaturated/α-hetero) is 1. The summed E-state index contributed by atoms with van der Waals surface area (Å²) in [5.74, 6) is -0.413. The van der Waals surface area contributed by atoms with Gasteiger partial charge in [0.2, 0.25) is 0 Å². The molecule has 0 radical (unpaired) electrons. The maximum atomic E-state index is 12.8. The van der Waals surface area contributed by atoms with E-state index in [1.807, 2.05) is 13.8 Å². The minimum absolute atomic E-state index is 0.0311. The zero-order valence-electron chi connectivity index (χ0n) is 19.6. The third kappa shape index (κ3) is 3.10. The van der Waals surface area contributed by atoms with Crippen LogP contribution in [0.15, 0.2) is 23.3 Å². The molecular weight excluding hydrogens is 392 g/mol. The average Bonchev–Trinajstić information content (AvgIpc) is 3.01. The summed E-state index contributed by atoms with van der Waals surface area (Å²) in [4.78, 5) is 25.5. The first-order valence-corrected chi connectivity index (χ1v) is 11.9. The van der Waals surface area contributed by atoms with Crippen molar-refractivity contribution in [3.63, 3.8) is 0 Å². The van der Waals surface area contributed by atoms with Crippen LogP contribution in [0.2, 0.25) is 0 Å². The predicted octanol–water partition coefficient (Wildman–Crippen LogP) is 4.12. The van der Waals surface area contributed by atoms with Crippen molar-refractivity contribution >= 4 is 11.8 Å². The van der Waals surface area contributed by atoms with E-state index in [4.69, 9.17) is 4.74 Å². The number of carbonyl (C=O) groups is 2. The fourth-order valence-electron chi connectivity index (χ4n) is 7.72. The highest BCUT2D eigenvalue weighted by Crippen LogP contribution is 2.68. The van der Waals surface area contributed by atoms with Gasteiger partial charge in [-0.1, -0.05) is 31.6 Å². The number of hydrogen-bond donors (Lipinski definition) is 2. The van der Waals surface area contributed by atoms with Gasteiger partial charge in [-0.05, 0) is 83.0 Å². The molecular formula is C26H38O5. The molecule has 0 saturated heterocycles. The molecule has 0 bridgehead atoms. The second-order valence-corrected chi connectivity index (χ2v) is 11.0. The van der Waals surface area contributed by atoms with Crippen LogP contribution in [0.4, 0.5) is 0 Å². The lowest BCUT2D eigenvalue weighted by molar-refractivity contribution is -0.232. The molecule has 8 atom stereocenters. The Kier molecular flexibility index (Phi) is 5.54. The number of esters is 1. The van der Waals surface area contributed by atoms with Gasteiger partial charge in [-0.2, -0.15) is 0 Å². The Bertz CT molecular complexity index is 843. The average molecular weight is 431 g/mol. The van der Waals surface area contributed by atoms with Crippen molar-refractivity contribution in [1.29, 1.82) is 0 Å². The molecule has 3 fully saturated rings. The molecule has 5 heteroatoms. The fourth-order valence-corrected chi connectivity index (χ4v) is 7.72. The Morgan fingerprint density at radius 1 is 1.16 bits per heavy atom. The number of rotatable bonds is 3. The standard InChI is InChI=1S/C26H38O5/c1-6-15(2)23(29)31-22-14-21-20(8-7-17-13-18(28)9-11-24(17,21)4)26(30)12-10-19(16(3)27)25(22,26)5/h6-7,18-22,28,30H,8-14H2,1-5H3/b15-6+/t18-,19+,20+,21-,22+,24-,25?,26-/m0/s1. The van der Waals surface area contributed by atoms with Gasteiger partial charge in [0.1, 0.15) is 11.9 Å². The topological polar surface area (TPSA) is 83.8 Å². The van der Waals surface area contributed by atoms with Crippen LogP contribution >= 0.6 is 0 Å². The van der Waals surface area contributed by atoms with Gasteiger partial charge < -0.3 is 14.9 Å². The lowest BCUT2D eigenvalue weighted by atomic mass is 9.45. The Hall–Kier alpha value is -1.46. The molecule has 2 N–H and O–H groups in total. The van der Waals surface area contributed by atoms with Crippen molar-refractivity contribution in [2.45, 2.75) is 97.4 Å². The van der Waals surface area contributed by atoms with Crippen LogP contribution in [-0.4, -0.2) is 39.8 Å². The van der Waals surface area contributed by atoms with Gasteiger partial charge in [0.05, 0.1) is 11.7 Å². The first kappa shape index (κ1) is 22.7. The van der Waals surface area contributed by atoms with Crippen LogP contribution < -0.4 is 0 Å². The van der Waals surface area contributed by atoms with Gasteiger partial charge in [-0.3, -0.25) is 4.79 Å². The summed E-state index contributed by atoms with van der Waals surface area (Å²) < 4.78 is 6.11. The number of ketones is 1. The molecule has 0 aromatic carbocycles. The first-order chi connectivity index (χ1) is 14.5. The number of carbonyl (C=O) groups excluding carboxylic acids is 2. The van der Waals surface area contributed by atoms with Crippen molar-refractivity contribution < 1.29 is 24.5 Å². The number of ether oxygens (including phenoxy) is 1. The predicted molar refractivity (Wildman–Crippen MR) is 118 cm³/mol. The number of hydrogen-bond acceptors (Lipinski definition) is 5. The second kappa shape index (κ2) is 7.55. The lowest BCUT2D eigenvalue weighted by Gasteiger charge is -2.62. The molecule has 0 aliphatic heterocycles. The largest absolute Gasteiger partial charge is 0.458 e. The number of fused-ring (bicyclic) bond motifs is 5. The third-order valence-electron chi connectivity index (χ3n) is 9.82. The molecule has 0 aromatic heterocycles. The van der Waals surface area contributed by atoms with Crippen LogP contribution in [0, 0.1) is 28.6 Å². The Morgan fingerprint density at radius 2 is 1.87 bits per heavy atom. The molecule has 0 spiro atoms. The highest BCUT2D eigenvalue weighted by Gasteiger charge is 2.71. The minimum atomic E-state index is -1.05. The maximum Gasteiger partial charge on any atom is 0.333 e. The molecule has 4 aliphatic rings. The summed E-state index contributed by atoms with van der Waals surface area (Å²) in [6, 6.07) is 0. The van der Waals surface area contributed by atoms with Crippen molar-refractivity contribution in [2.75, 3.05) is 0 Å². The summed E-state index contributed by atoms with van der Waals surface area (Å²) in [5, 5.41) is 22.5. The highest BCUT2D eigenvalue weighted by molar-refractivity contribution is 5.88. The summed E-state index contributed by atoms with van der Waals surface area (Å²) in [6.07, 6.45) is 8.10. The van der Waals surface area contributed by atoms with E-state index < -0.39 is 17.1 Å². The summed E-state index contributed by atoms with van der Waals surface area (Å²) in [7, 11) is 0. The van der Waals surface area contributed by atoms with E-state index in [9.17, 15) is 19.8 Å². The molecule has 0 heterocycles. The number of allylic oxidation sites excluding steroid dienone is 2. The van der Waals surface area contributed by atoms with Gasteiger partial charge in [-0.15, -0.1) is 0 Å². The van der Waals surface area contributed by atoms with Crippen molar-refractivity contribution in [1.82, 2.24) is 0 Å². The Labute approximate surface area is 185 Å². The number of aliphatic hydroxyl groups is 2. The smallest absolute Gasteiger partial charge is 0.333 e. The maximum absolute atomic E-state index is 12.8. The van der Waals surface area contributed by atoms with Crippen molar-refractivity contribution in [3.05, 3.63) is 23.3 Å². The summed E-state index contributed by atoms with van der Waals surface area (Å²) >= 11 is 0. The lowest BCUT2D eigenvalue weighted by Crippen LogP contribution is -2.66. The van der Waals surface area contributed by atoms with Crippen molar-refractivity contribution in [3.8, 4) is 0 Å². The highest BCUT2D eigenvalue weighted by atomic mass is 16.5. The van der Waals surface area contributed by atoms with E-state index in [1.165, 1.54) is 5.57 Å². The molecule has 3 saturated carbocycles. The normalized spacial score (nSPS) is 47.0. The van der Waals surface area contributed by atoms with Crippen LogP contribution in [0.1, 0.15) is 79.6 Å². The third-order valence-corrected chi connectivity index (χ3v) is 9.82. The second-order valence-electron chi connectivity index (χ2n) is 11.0. The van der Waals surface area contributed by atoms with Crippen LogP contribution in [0.25, 0.3) is 0 Å². The molecule has 4 rings (SSSR count). The zero-order valence-corrected chi connectivity index (χ0v) is 19.6. The fraction of sp³-hybridized carbons (Fsp3) is 0.769. The summed E-state index contributed by atoms with van der Waals surface area (Å²) in [6.45, 7) is 9.40. The molecule has 4 aliphatic carbocycles. The number of aliphatic hydroxyl groups excluding tert-OH is 1. The molecule has 5 nitrogen and oxygen atoms in total. The zero-order chi connectivity index (χ0) is 22.8. The van der Waals surface area contributed by atoms with Gasteiger partial charge in [0, 0.05) is 16.9 Å². The van der Waals surface area contributed by atoms with Crippen LogP contribution in [0.3, 0.4) is 0 Å². The molecule has 31 heavy (non-hydrogen) atoms. The minimum Gasteiger partial charge on any atom is -0.458 e. The van der Waals surface area contributed by atoms with E-state index in [1.54, 1.807) is 19.9 Å². The quantitative estimate of drug-likeness (QED) is 0.400. The van der Waals surface area contributed by atoms with E-state index in [0.29, 0.717) is 31.3 Å². The molecule has 1 unspecified atom stereocenters. The van der Waals surface area contributed by atoms with Crippen LogP contribution in [0.5, 0.6) is 0 Å². The molecule has 0 aromatic rings.